The van der Waals surface area contributed by atoms with E-state index >= 15 is 0 Å². The van der Waals surface area contributed by atoms with Gasteiger partial charge in [0.1, 0.15) is 0 Å². The van der Waals surface area contributed by atoms with Gasteiger partial charge in [0.2, 0.25) is 0 Å². The van der Waals surface area contributed by atoms with Crippen LogP contribution in [-0.2, 0) is 0 Å². The summed E-state index contributed by atoms with van der Waals surface area (Å²) in [6.45, 7) is 3.35. The summed E-state index contributed by atoms with van der Waals surface area (Å²) in [4.78, 5) is 0. The second-order valence-corrected chi connectivity index (χ2v) is 1.50. The molecule has 0 atom stereocenters. The normalized spacial score (nSPS) is 6.40. The van der Waals surface area contributed by atoms with Gasteiger partial charge in [-0.2, -0.15) is 0 Å². The van der Waals surface area contributed by atoms with Gasteiger partial charge in [0.25, 0.3) is 0 Å². The van der Waals surface area contributed by atoms with Crippen molar-refractivity contribution in [3.63, 3.8) is 0 Å². The van der Waals surface area contributed by atoms with Crippen LogP contribution in [0.15, 0.2) is 12.7 Å². The third-order valence-electron chi connectivity index (χ3n) is 0.195. The van der Waals surface area contributed by atoms with Crippen LogP contribution in [0, 0.1) is 0 Å². The van der Waals surface area contributed by atoms with E-state index in [4.69, 9.17) is 7.49 Å². The quantitative estimate of drug-likeness (QED) is 0.461. The number of allylic oxidation sites excluding steroid dienone is 1. The molecule has 0 aliphatic carbocycles. The second kappa shape index (κ2) is 2.40. The maximum atomic E-state index is 5.01. The van der Waals surface area contributed by atoms with Crippen molar-refractivity contribution in [2.75, 3.05) is 0 Å². The Balaban J connectivity index is 3.20. The minimum atomic E-state index is 0.581. The standard InChI is InChI=1S/C3H3BBr/c1-2-3(4)5/h2H,1H2. The molecule has 0 rings (SSSR count). The summed E-state index contributed by atoms with van der Waals surface area (Å²) in [5.74, 6) is 0. The zero-order valence-electron chi connectivity index (χ0n) is 2.74. The molecule has 0 nitrogen and oxygen atoms in total. The first-order chi connectivity index (χ1) is 2.27. The molecule has 0 aromatic carbocycles. The fraction of sp³-hybridized carbons (Fsp3) is 0. The van der Waals surface area contributed by atoms with Gasteiger partial charge in [-0.15, -0.1) is 0 Å². The molecule has 0 amide bonds. The molecule has 1 radical (unpaired) electrons. The van der Waals surface area contributed by atoms with Crippen molar-refractivity contribution in [1.29, 1.82) is 0 Å². The zero-order chi connectivity index (χ0) is 4.28. The van der Waals surface area contributed by atoms with Gasteiger partial charge in [0.05, 0.1) is 0 Å². The van der Waals surface area contributed by atoms with E-state index in [1.807, 2.05) is 0 Å². The molecule has 25 valence electrons. The first-order valence-corrected chi connectivity index (χ1v) is 1.97. The first kappa shape index (κ1) is 5.15. The second-order valence-electron chi connectivity index (χ2n) is 0.589. The van der Waals surface area contributed by atoms with Crippen LogP contribution in [0.3, 0.4) is 0 Å². The number of hydrogen-bond acceptors (Lipinski definition) is 0. The van der Waals surface area contributed by atoms with E-state index in [9.17, 15) is 0 Å². The van der Waals surface area contributed by atoms with Gasteiger partial charge in [0.15, 0.2) is 0 Å². The Bertz CT molecular complexity index is 57.9. The fourth-order valence-corrected chi connectivity index (χ4v) is 0. The Kier molecular flexibility index (Phi) is 2.47. The minimum absolute atomic E-state index is 0.581. The summed E-state index contributed by atoms with van der Waals surface area (Å²) >= 11 is 2.95. The molecule has 0 fully saturated rings. The van der Waals surface area contributed by atoms with Crippen molar-refractivity contribution in [2.45, 2.75) is 0 Å². The Morgan fingerprint density at radius 1 is 2.00 bits per heavy atom. The maximum absolute atomic E-state index is 5.01. The summed E-state index contributed by atoms with van der Waals surface area (Å²) in [7, 11) is 5.01. The van der Waals surface area contributed by atoms with Crippen LogP contribution in [0.25, 0.3) is 0 Å². The van der Waals surface area contributed by atoms with Gasteiger partial charge in [0, 0.05) is 0 Å². The van der Waals surface area contributed by atoms with E-state index in [0.29, 0.717) is 4.37 Å². The van der Waals surface area contributed by atoms with Crippen molar-refractivity contribution >= 4 is 27.8 Å². The van der Waals surface area contributed by atoms with E-state index in [1.165, 1.54) is 6.08 Å². The fourth-order valence-electron chi connectivity index (χ4n) is 0. The summed E-state index contributed by atoms with van der Waals surface area (Å²) in [5.41, 5.74) is 0. The van der Waals surface area contributed by atoms with Crippen molar-refractivity contribution in [2.24, 2.45) is 0 Å². The van der Waals surface area contributed by atoms with Gasteiger partial charge in [-0.25, -0.2) is 0 Å². The molecule has 2 heteroatoms. The molecule has 0 aliphatic rings. The molecule has 0 bridgehead atoms. The average Bonchev–Trinajstić information content (AvgIpc) is 1.38. The zero-order valence-corrected chi connectivity index (χ0v) is 4.33. The Morgan fingerprint density at radius 3 is 2.20 bits per heavy atom. The van der Waals surface area contributed by atoms with Crippen LogP contribution >= 0.6 is 15.9 Å². The topological polar surface area (TPSA) is 0 Å². The van der Waals surface area contributed by atoms with Gasteiger partial charge in [-0.3, -0.25) is 0 Å². The SMILES string of the molecule is [B]=C(Br)C=C. The van der Waals surface area contributed by atoms with Crippen LogP contribution in [0.5, 0.6) is 0 Å². The molecule has 5 heavy (non-hydrogen) atoms. The van der Waals surface area contributed by atoms with Crippen molar-refractivity contribution in [3.05, 3.63) is 12.7 Å². The predicted molar refractivity (Wildman–Crippen MR) is 29.9 cm³/mol. The van der Waals surface area contributed by atoms with Crippen molar-refractivity contribution in [1.82, 2.24) is 0 Å². The Hall–Kier alpha value is 0.155. The van der Waals surface area contributed by atoms with Crippen LogP contribution in [-0.4, -0.2) is 11.9 Å². The number of halogens is 1. The molecular weight excluding hydrogens is 127 g/mol. The number of hydrogen-bond donors (Lipinski definition) is 0. The Labute approximate surface area is 41.1 Å². The van der Waals surface area contributed by atoms with Crippen LogP contribution in [0.4, 0.5) is 0 Å². The van der Waals surface area contributed by atoms with Gasteiger partial charge in [-0.1, -0.05) is 0 Å². The first-order valence-electron chi connectivity index (χ1n) is 1.17. The number of rotatable bonds is 1. The van der Waals surface area contributed by atoms with E-state index in [1.54, 1.807) is 0 Å². The van der Waals surface area contributed by atoms with E-state index in [0.717, 1.165) is 0 Å². The van der Waals surface area contributed by atoms with E-state index in [2.05, 4.69) is 22.5 Å². The van der Waals surface area contributed by atoms with Gasteiger partial charge < -0.3 is 0 Å². The summed E-state index contributed by atoms with van der Waals surface area (Å²) < 4.78 is 0.581. The molecule has 0 aliphatic heterocycles. The molecule has 0 saturated carbocycles. The summed E-state index contributed by atoms with van der Waals surface area (Å²) in [5, 5.41) is 0. The van der Waals surface area contributed by atoms with Crippen LogP contribution in [0.1, 0.15) is 0 Å². The summed E-state index contributed by atoms with van der Waals surface area (Å²) in [6.07, 6.45) is 1.53. The van der Waals surface area contributed by atoms with Gasteiger partial charge in [-0.05, 0) is 0 Å². The van der Waals surface area contributed by atoms with Crippen LogP contribution < -0.4 is 0 Å². The Morgan fingerprint density at radius 2 is 2.20 bits per heavy atom. The van der Waals surface area contributed by atoms with Crippen molar-refractivity contribution < 1.29 is 0 Å². The third-order valence-corrected chi connectivity index (χ3v) is 0.519. The molecule has 0 unspecified atom stereocenters. The molecule has 0 aromatic heterocycles. The molecule has 0 spiro atoms. The van der Waals surface area contributed by atoms with E-state index < -0.39 is 0 Å². The molecule has 0 N–H and O–H groups in total. The van der Waals surface area contributed by atoms with Crippen molar-refractivity contribution in [3.8, 4) is 0 Å². The molecule has 0 saturated heterocycles. The average molecular weight is 130 g/mol. The van der Waals surface area contributed by atoms with Crippen LogP contribution in [0.2, 0.25) is 0 Å². The summed E-state index contributed by atoms with van der Waals surface area (Å²) in [6, 6.07) is 0. The molecule has 0 heterocycles. The van der Waals surface area contributed by atoms with E-state index in [-0.39, 0.29) is 0 Å². The third kappa shape index (κ3) is 4.15. The molecule has 0 aromatic rings. The monoisotopic (exact) mass is 129 g/mol. The van der Waals surface area contributed by atoms with Gasteiger partial charge >= 0.3 is 40.4 Å². The molecular formula is C3H3BBr. The predicted octanol–water partition coefficient (Wildman–Crippen LogP) is 0.866.